The molecule has 0 atom stereocenters. The molecule has 2 aromatic carbocycles. The van der Waals surface area contributed by atoms with Crippen molar-refractivity contribution in [2.75, 3.05) is 0 Å². The molecule has 0 bridgehead atoms. The summed E-state index contributed by atoms with van der Waals surface area (Å²) >= 11 is 12.3. The van der Waals surface area contributed by atoms with Crippen LogP contribution in [0.2, 0.25) is 10.0 Å². The summed E-state index contributed by atoms with van der Waals surface area (Å²) < 4.78 is 0. The Bertz CT molecular complexity index is 510. The van der Waals surface area contributed by atoms with Gasteiger partial charge in [-0.1, -0.05) is 53.5 Å². The molecular formula is C14H12Cl2. The lowest BCUT2D eigenvalue weighted by Gasteiger charge is -2.12. The highest BCUT2D eigenvalue weighted by atomic mass is 35.5. The molecule has 0 aliphatic rings. The third-order valence-electron chi connectivity index (χ3n) is 2.70. The molecule has 0 aliphatic heterocycles. The molecule has 0 saturated heterocycles. The quantitative estimate of drug-likeness (QED) is 0.647. The number of aryl methyl sites for hydroxylation is 2. The summed E-state index contributed by atoms with van der Waals surface area (Å²) in [7, 11) is 0. The maximum absolute atomic E-state index is 6.24. The lowest BCUT2D eigenvalue weighted by Crippen LogP contribution is -1.88. The number of hydrogen-bond donors (Lipinski definition) is 0. The van der Waals surface area contributed by atoms with Crippen molar-refractivity contribution < 1.29 is 0 Å². The summed E-state index contributed by atoms with van der Waals surface area (Å²) in [6.45, 7) is 4.17. The third kappa shape index (κ3) is 1.95. The highest BCUT2D eigenvalue weighted by Gasteiger charge is 2.10. The molecule has 0 N–H and O–H groups in total. The molecule has 16 heavy (non-hydrogen) atoms. The van der Waals surface area contributed by atoms with Gasteiger partial charge in [0.25, 0.3) is 0 Å². The molecule has 0 nitrogen and oxygen atoms in total. The zero-order valence-electron chi connectivity index (χ0n) is 9.22. The highest BCUT2D eigenvalue weighted by Crippen LogP contribution is 2.36. The predicted molar refractivity (Wildman–Crippen MR) is 71.4 cm³/mol. The van der Waals surface area contributed by atoms with Crippen LogP contribution in [0.5, 0.6) is 0 Å². The molecule has 2 rings (SSSR count). The summed E-state index contributed by atoms with van der Waals surface area (Å²) in [5.41, 5.74) is 4.60. The minimum absolute atomic E-state index is 0.599. The molecule has 0 aromatic heterocycles. The molecule has 0 radical (unpaired) electrons. The highest BCUT2D eigenvalue weighted by molar-refractivity contribution is 6.43. The zero-order chi connectivity index (χ0) is 11.7. The Morgan fingerprint density at radius 2 is 1.38 bits per heavy atom. The van der Waals surface area contributed by atoms with Crippen molar-refractivity contribution in [3.8, 4) is 11.1 Å². The van der Waals surface area contributed by atoms with Crippen LogP contribution < -0.4 is 0 Å². The maximum atomic E-state index is 6.24. The fourth-order valence-corrected chi connectivity index (χ4v) is 2.33. The van der Waals surface area contributed by atoms with Gasteiger partial charge < -0.3 is 0 Å². The molecule has 0 heterocycles. The second-order valence-electron chi connectivity index (χ2n) is 3.87. The summed E-state index contributed by atoms with van der Waals surface area (Å²) in [5, 5.41) is 1.23. The summed E-state index contributed by atoms with van der Waals surface area (Å²) in [4.78, 5) is 0. The van der Waals surface area contributed by atoms with Gasteiger partial charge in [-0.05, 0) is 36.6 Å². The van der Waals surface area contributed by atoms with Crippen molar-refractivity contribution in [1.82, 2.24) is 0 Å². The first-order chi connectivity index (χ1) is 7.61. The Morgan fingerprint density at radius 3 is 2.00 bits per heavy atom. The van der Waals surface area contributed by atoms with Crippen LogP contribution >= 0.6 is 23.2 Å². The topological polar surface area (TPSA) is 0 Å². The lowest BCUT2D eigenvalue weighted by atomic mass is 9.96. The SMILES string of the molecule is Cc1cccc(C)c1-c1cccc(Cl)c1Cl. The summed E-state index contributed by atoms with van der Waals surface area (Å²) in [6.07, 6.45) is 0. The van der Waals surface area contributed by atoms with Gasteiger partial charge in [0, 0.05) is 5.56 Å². The second-order valence-corrected chi connectivity index (χ2v) is 4.65. The van der Waals surface area contributed by atoms with Crippen LogP contribution in [0.3, 0.4) is 0 Å². The third-order valence-corrected chi connectivity index (χ3v) is 3.52. The average molecular weight is 251 g/mol. The van der Waals surface area contributed by atoms with E-state index in [9.17, 15) is 0 Å². The Balaban J connectivity index is 2.73. The molecule has 0 saturated carbocycles. The smallest absolute Gasteiger partial charge is 0.0670 e. The van der Waals surface area contributed by atoms with Gasteiger partial charge in [0.2, 0.25) is 0 Å². The van der Waals surface area contributed by atoms with E-state index in [0.717, 1.165) is 5.56 Å². The Morgan fingerprint density at radius 1 is 0.812 bits per heavy atom. The van der Waals surface area contributed by atoms with E-state index >= 15 is 0 Å². The second kappa shape index (κ2) is 4.48. The van der Waals surface area contributed by atoms with Crippen LogP contribution in [0.4, 0.5) is 0 Å². The van der Waals surface area contributed by atoms with E-state index in [-0.39, 0.29) is 0 Å². The molecule has 82 valence electrons. The minimum atomic E-state index is 0.599. The van der Waals surface area contributed by atoms with Crippen molar-refractivity contribution in [3.63, 3.8) is 0 Å². The Labute approximate surface area is 106 Å². The maximum Gasteiger partial charge on any atom is 0.0670 e. The number of benzene rings is 2. The van der Waals surface area contributed by atoms with Gasteiger partial charge in [-0.2, -0.15) is 0 Å². The molecule has 2 aromatic rings. The number of rotatable bonds is 1. The van der Waals surface area contributed by atoms with Crippen LogP contribution in [0.25, 0.3) is 11.1 Å². The summed E-state index contributed by atoms with van der Waals surface area (Å²) in [5.74, 6) is 0. The molecule has 0 unspecified atom stereocenters. The average Bonchev–Trinajstić information content (AvgIpc) is 2.24. The van der Waals surface area contributed by atoms with E-state index in [1.165, 1.54) is 16.7 Å². The first-order valence-electron chi connectivity index (χ1n) is 5.12. The van der Waals surface area contributed by atoms with E-state index in [1.54, 1.807) is 6.07 Å². The van der Waals surface area contributed by atoms with Crippen molar-refractivity contribution in [1.29, 1.82) is 0 Å². The molecular weight excluding hydrogens is 239 g/mol. The van der Waals surface area contributed by atoms with Crippen molar-refractivity contribution in [2.45, 2.75) is 13.8 Å². The minimum Gasteiger partial charge on any atom is -0.0827 e. The van der Waals surface area contributed by atoms with Crippen molar-refractivity contribution >= 4 is 23.2 Å². The van der Waals surface area contributed by atoms with E-state index in [0.29, 0.717) is 10.0 Å². The first kappa shape index (κ1) is 11.5. The fraction of sp³-hybridized carbons (Fsp3) is 0.143. The molecule has 0 fully saturated rings. The van der Waals surface area contributed by atoms with Crippen LogP contribution in [-0.2, 0) is 0 Å². The molecule has 0 spiro atoms. The van der Waals surface area contributed by atoms with E-state index in [1.807, 2.05) is 18.2 Å². The largest absolute Gasteiger partial charge is 0.0827 e. The molecule has 0 amide bonds. The summed E-state index contributed by atoms with van der Waals surface area (Å²) in [6, 6.07) is 12.0. The predicted octanol–water partition coefficient (Wildman–Crippen LogP) is 5.28. The van der Waals surface area contributed by atoms with Gasteiger partial charge in [-0.3, -0.25) is 0 Å². The standard InChI is InChI=1S/C14H12Cl2/c1-9-5-3-6-10(2)13(9)11-7-4-8-12(15)14(11)16/h3-8H,1-2H3. The van der Waals surface area contributed by atoms with Gasteiger partial charge >= 0.3 is 0 Å². The van der Waals surface area contributed by atoms with Gasteiger partial charge in [0.05, 0.1) is 10.0 Å². The van der Waals surface area contributed by atoms with Crippen LogP contribution in [0, 0.1) is 13.8 Å². The Kier molecular flexibility index (Phi) is 3.22. The number of halogens is 2. The number of hydrogen-bond acceptors (Lipinski definition) is 0. The van der Waals surface area contributed by atoms with Crippen LogP contribution in [-0.4, -0.2) is 0 Å². The fourth-order valence-electron chi connectivity index (χ4n) is 1.94. The Hall–Kier alpha value is -0.980. The van der Waals surface area contributed by atoms with Gasteiger partial charge in [-0.15, -0.1) is 0 Å². The van der Waals surface area contributed by atoms with Crippen molar-refractivity contribution in [3.05, 3.63) is 57.6 Å². The van der Waals surface area contributed by atoms with Gasteiger partial charge in [-0.25, -0.2) is 0 Å². The lowest BCUT2D eigenvalue weighted by molar-refractivity contribution is 1.38. The van der Waals surface area contributed by atoms with Crippen LogP contribution in [0.15, 0.2) is 36.4 Å². The zero-order valence-corrected chi connectivity index (χ0v) is 10.7. The monoisotopic (exact) mass is 250 g/mol. The first-order valence-corrected chi connectivity index (χ1v) is 5.87. The molecule has 0 aliphatic carbocycles. The van der Waals surface area contributed by atoms with Crippen molar-refractivity contribution in [2.24, 2.45) is 0 Å². The van der Waals surface area contributed by atoms with Gasteiger partial charge in [0.15, 0.2) is 0 Å². The van der Waals surface area contributed by atoms with E-state index in [4.69, 9.17) is 23.2 Å². The normalized spacial score (nSPS) is 10.5. The van der Waals surface area contributed by atoms with E-state index < -0.39 is 0 Å². The molecule has 2 heteroatoms. The van der Waals surface area contributed by atoms with Crippen LogP contribution in [0.1, 0.15) is 11.1 Å². The van der Waals surface area contributed by atoms with E-state index in [2.05, 4.69) is 26.0 Å². The van der Waals surface area contributed by atoms with Gasteiger partial charge in [0.1, 0.15) is 0 Å².